The van der Waals surface area contributed by atoms with E-state index < -0.39 is 6.10 Å². The lowest BCUT2D eigenvalue weighted by atomic mass is 9.84. The van der Waals surface area contributed by atoms with Crippen LogP contribution in [0.1, 0.15) is 29.9 Å². The molecule has 2 aromatic rings. The number of ether oxygens (including phenoxy) is 3. The molecule has 4 atom stereocenters. The number of hydrogen-bond donors (Lipinski definition) is 3. The first-order valence-corrected chi connectivity index (χ1v) is 11.8. The van der Waals surface area contributed by atoms with Crippen molar-refractivity contribution in [1.29, 1.82) is 0 Å². The first-order valence-electron chi connectivity index (χ1n) is 11.8. The van der Waals surface area contributed by atoms with Gasteiger partial charge in [-0.1, -0.05) is 18.2 Å². The van der Waals surface area contributed by atoms with Crippen LogP contribution in [-0.4, -0.2) is 74.5 Å². The molecule has 9 nitrogen and oxygen atoms in total. The van der Waals surface area contributed by atoms with E-state index in [2.05, 4.69) is 10.6 Å². The number of likely N-dealkylation sites (N-methyl/N-ethyl adjacent to an activating group) is 1. The fraction of sp³-hybridized carbons (Fsp3) is 0.462. The highest BCUT2D eigenvalue weighted by atomic mass is 16.6. The van der Waals surface area contributed by atoms with Crippen LogP contribution in [0.4, 0.5) is 5.69 Å². The summed E-state index contributed by atoms with van der Waals surface area (Å²) in [7, 11) is 5.28. The molecule has 4 rings (SSSR count). The number of nitrogens with zero attached hydrogens (tertiary/aromatic N) is 1. The molecule has 0 saturated carbocycles. The highest BCUT2D eigenvalue weighted by Crippen LogP contribution is 2.47. The van der Waals surface area contributed by atoms with Crippen LogP contribution in [0.3, 0.4) is 0 Å². The first-order chi connectivity index (χ1) is 16.9. The van der Waals surface area contributed by atoms with Gasteiger partial charge in [0.25, 0.3) is 0 Å². The number of aliphatic hydroxyl groups excluding tert-OH is 1. The summed E-state index contributed by atoms with van der Waals surface area (Å²) < 4.78 is 17.5. The van der Waals surface area contributed by atoms with Crippen LogP contribution < -0.4 is 20.1 Å². The number of carbonyl (C=O) groups excluding carboxylic acids is 2. The van der Waals surface area contributed by atoms with Gasteiger partial charge in [0.2, 0.25) is 11.8 Å². The molecule has 1 fully saturated rings. The number of fused-ring (bicyclic) bond motifs is 3. The molecular formula is C26H33N3O6. The van der Waals surface area contributed by atoms with Gasteiger partial charge in [0.05, 0.1) is 32.8 Å². The van der Waals surface area contributed by atoms with Crippen molar-refractivity contribution in [3.63, 3.8) is 0 Å². The van der Waals surface area contributed by atoms with E-state index in [-0.39, 0.29) is 49.5 Å². The van der Waals surface area contributed by atoms with Crippen molar-refractivity contribution in [2.75, 3.05) is 39.7 Å². The molecule has 3 N–H and O–H groups in total. The number of benzene rings is 2. The molecule has 2 aliphatic rings. The molecule has 0 aliphatic carbocycles. The summed E-state index contributed by atoms with van der Waals surface area (Å²) in [5.41, 5.74) is 2.54. The van der Waals surface area contributed by atoms with Crippen LogP contribution in [0.15, 0.2) is 42.5 Å². The maximum atomic E-state index is 12.7. The predicted molar refractivity (Wildman–Crippen MR) is 131 cm³/mol. The van der Waals surface area contributed by atoms with E-state index in [0.29, 0.717) is 24.4 Å². The van der Waals surface area contributed by atoms with Gasteiger partial charge < -0.3 is 34.9 Å². The van der Waals surface area contributed by atoms with E-state index >= 15 is 0 Å². The van der Waals surface area contributed by atoms with Crippen LogP contribution in [-0.2, 0) is 20.9 Å². The Morgan fingerprint density at radius 3 is 2.71 bits per heavy atom. The predicted octanol–water partition coefficient (Wildman–Crippen LogP) is 1.90. The molecule has 0 spiro atoms. The standard InChI is InChI=1S/C26H33N3O6/c1-29(2)14-25(32)28-17-8-9-22-19(10-17)20-11-18(34-23(15-30)26(20)35-22)12-24(31)27-13-16-6-4-5-7-21(16)33-3/h4-10,18,20,23,26,30H,11-15H2,1-3H3,(H,27,31)(H,28,32)/t18-,20+,23+,26-/m1/s1. The molecule has 0 aromatic heterocycles. The Labute approximate surface area is 205 Å². The zero-order chi connectivity index (χ0) is 24.9. The van der Waals surface area contributed by atoms with Crippen molar-refractivity contribution in [3.8, 4) is 11.5 Å². The third-order valence-corrected chi connectivity index (χ3v) is 6.32. The molecular weight excluding hydrogens is 450 g/mol. The summed E-state index contributed by atoms with van der Waals surface area (Å²) in [4.78, 5) is 26.7. The van der Waals surface area contributed by atoms with Crippen molar-refractivity contribution in [2.45, 2.75) is 43.6 Å². The zero-order valence-corrected chi connectivity index (χ0v) is 20.3. The number of para-hydroxylation sites is 1. The van der Waals surface area contributed by atoms with Gasteiger partial charge in [-0.2, -0.15) is 0 Å². The lowest BCUT2D eigenvalue weighted by molar-refractivity contribution is -0.142. The topological polar surface area (TPSA) is 109 Å². The Balaban J connectivity index is 1.41. The molecule has 0 bridgehead atoms. The van der Waals surface area contributed by atoms with Gasteiger partial charge in [0.15, 0.2) is 0 Å². The average molecular weight is 484 g/mol. The van der Waals surface area contributed by atoms with Crippen molar-refractivity contribution in [2.24, 2.45) is 0 Å². The van der Waals surface area contributed by atoms with Crippen LogP contribution in [0.5, 0.6) is 11.5 Å². The molecule has 0 radical (unpaired) electrons. The molecule has 2 amide bonds. The summed E-state index contributed by atoms with van der Waals surface area (Å²) >= 11 is 0. The third-order valence-electron chi connectivity index (χ3n) is 6.32. The van der Waals surface area contributed by atoms with Gasteiger partial charge in [-0.25, -0.2) is 0 Å². The van der Waals surface area contributed by atoms with E-state index in [1.54, 1.807) is 18.1 Å². The molecule has 2 aromatic carbocycles. The number of carbonyl (C=O) groups is 2. The third kappa shape index (κ3) is 5.93. The van der Waals surface area contributed by atoms with Gasteiger partial charge in [0.1, 0.15) is 23.7 Å². The molecule has 2 heterocycles. The number of rotatable bonds is 9. The van der Waals surface area contributed by atoms with Gasteiger partial charge in [-0.15, -0.1) is 0 Å². The Morgan fingerprint density at radius 2 is 1.97 bits per heavy atom. The van der Waals surface area contributed by atoms with Crippen LogP contribution in [0.2, 0.25) is 0 Å². The SMILES string of the molecule is COc1ccccc1CNC(=O)C[C@H]1C[C@H]2c3cc(NC(=O)CN(C)C)ccc3O[C@H]2[C@H](CO)O1. The Bertz CT molecular complexity index is 1060. The maximum Gasteiger partial charge on any atom is 0.238 e. The molecule has 0 unspecified atom stereocenters. The molecule has 1 saturated heterocycles. The van der Waals surface area contributed by atoms with Crippen molar-refractivity contribution >= 4 is 17.5 Å². The highest BCUT2D eigenvalue weighted by Gasteiger charge is 2.46. The van der Waals surface area contributed by atoms with E-state index in [4.69, 9.17) is 14.2 Å². The minimum Gasteiger partial charge on any atom is -0.496 e. The van der Waals surface area contributed by atoms with Gasteiger partial charge in [0, 0.05) is 29.3 Å². The summed E-state index contributed by atoms with van der Waals surface area (Å²) in [6, 6.07) is 13.1. The van der Waals surface area contributed by atoms with Crippen molar-refractivity contribution < 1.29 is 28.9 Å². The van der Waals surface area contributed by atoms with Crippen molar-refractivity contribution in [1.82, 2.24) is 10.2 Å². The second-order valence-electron chi connectivity index (χ2n) is 9.24. The average Bonchev–Trinajstić information content (AvgIpc) is 3.19. The number of amides is 2. The van der Waals surface area contributed by atoms with Gasteiger partial charge >= 0.3 is 0 Å². The highest BCUT2D eigenvalue weighted by molar-refractivity contribution is 5.92. The minimum atomic E-state index is -0.542. The summed E-state index contributed by atoms with van der Waals surface area (Å²) in [5.74, 6) is 1.15. The monoisotopic (exact) mass is 483 g/mol. The number of methoxy groups -OCH3 is 1. The fourth-order valence-electron chi connectivity index (χ4n) is 4.78. The quantitative estimate of drug-likeness (QED) is 0.500. The molecule has 35 heavy (non-hydrogen) atoms. The van der Waals surface area contributed by atoms with E-state index in [1.807, 2.05) is 50.5 Å². The van der Waals surface area contributed by atoms with E-state index in [9.17, 15) is 14.7 Å². The fourth-order valence-corrected chi connectivity index (χ4v) is 4.78. The Morgan fingerprint density at radius 1 is 1.17 bits per heavy atom. The minimum absolute atomic E-state index is 0.0476. The lowest BCUT2D eigenvalue weighted by Gasteiger charge is -2.37. The normalized spacial score (nSPS) is 22.7. The smallest absolute Gasteiger partial charge is 0.238 e. The number of aliphatic hydroxyl groups is 1. The Hall–Kier alpha value is -3.14. The lowest BCUT2D eigenvalue weighted by Crippen LogP contribution is -2.47. The zero-order valence-electron chi connectivity index (χ0n) is 20.3. The van der Waals surface area contributed by atoms with Crippen molar-refractivity contribution in [3.05, 3.63) is 53.6 Å². The number of hydrogen-bond acceptors (Lipinski definition) is 7. The largest absolute Gasteiger partial charge is 0.496 e. The second-order valence-corrected chi connectivity index (χ2v) is 9.24. The second kappa shape index (κ2) is 11.1. The summed E-state index contributed by atoms with van der Waals surface area (Å²) in [5, 5.41) is 15.8. The summed E-state index contributed by atoms with van der Waals surface area (Å²) in [6.07, 6.45) is -0.502. The Kier molecular flexibility index (Phi) is 7.90. The number of nitrogens with one attached hydrogen (secondary N) is 2. The maximum absolute atomic E-state index is 12.7. The van der Waals surface area contributed by atoms with Crippen LogP contribution in [0, 0.1) is 0 Å². The van der Waals surface area contributed by atoms with E-state index in [1.165, 1.54) is 0 Å². The van der Waals surface area contributed by atoms with Gasteiger partial charge in [-0.3, -0.25) is 9.59 Å². The van der Waals surface area contributed by atoms with Crippen LogP contribution >= 0.6 is 0 Å². The van der Waals surface area contributed by atoms with Crippen LogP contribution in [0.25, 0.3) is 0 Å². The molecule has 9 heteroatoms. The summed E-state index contributed by atoms with van der Waals surface area (Å²) in [6.45, 7) is 0.431. The van der Waals surface area contributed by atoms with E-state index in [0.717, 1.165) is 16.9 Å². The molecule has 188 valence electrons. The van der Waals surface area contributed by atoms with Gasteiger partial charge in [-0.05, 0) is 44.8 Å². The number of anilines is 1. The molecule has 2 aliphatic heterocycles. The first kappa shape index (κ1) is 25.0.